The summed E-state index contributed by atoms with van der Waals surface area (Å²) in [5.41, 5.74) is 1.07. The summed E-state index contributed by atoms with van der Waals surface area (Å²) in [6.07, 6.45) is 0. The van der Waals surface area contributed by atoms with Crippen LogP contribution in [0.15, 0.2) is 53.4 Å². The molecule has 0 unspecified atom stereocenters. The van der Waals surface area contributed by atoms with E-state index in [1.54, 1.807) is 24.3 Å². The molecule has 0 aliphatic heterocycles. The Balaban J connectivity index is 2.04. The maximum absolute atomic E-state index is 11.9. The van der Waals surface area contributed by atoms with Gasteiger partial charge in [-0.25, -0.2) is 9.59 Å². The molecule has 2 aromatic rings. The molecular formula is C16H14O7S. The minimum Gasteiger partial charge on any atom is -0.465 e. The van der Waals surface area contributed by atoms with Crippen molar-refractivity contribution in [2.75, 3.05) is 7.11 Å². The molecule has 1 N–H and O–H groups in total. The maximum Gasteiger partial charge on any atom is 0.338 e. The summed E-state index contributed by atoms with van der Waals surface area (Å²) in [5.74, 6) is -1.16. The average Bonchev–Trinajstić information content (AvgIpc) is 2.58. The molecule has 8 heteroatoms. The molecule has 0 aromatic heterocycles. The fraction of sp³-hybridized carbons (Fsp3) is 0.125. The summed E-state index contributed by atoms with van der Waals surface area (Å²) in [6.45, 7) is -0.0658. The summed E-state index contributed by atoms with van der Waals surface area (Å²) < 4.78 is 40.5. The summed E-state index contributed by atoms with van der Waals surface area (Å²) in [4.78, 5) is 23.1. The van der Waals surface area contributed by atoms with Crippen LogP contribution in [-0.4, -0.2) is 32.0 Å². The third-order valence-corrected chi connectivity index (χ3v) is 3.97. The second-order valence-corrected chi connectivity index (χ2v) is 6.19. The highest BCUT2D eigenvalue weighted by atomic mass is 32.2. The molecule has 0 saturated heterocycles. The summed E-state index contributed by atoms with van der Waals surface area (Å²) >= 11 is 0. The lowest BCUT2D eigenvalue weighted by Gasteiger charge is -2.07. The third-order valence-electron chi connectivity index (χ3n) is 3.11. The van der Waals surface area contributed by atoms with Crippen molar-refractivity contribution in [1.82, 2.24) is 0 Å². The van der Waals surface area contributed by atoms with Gasteiger partial charge in [-0.05, 0) is 42.0 Å². The van der Waals surface area contributed by atoms with Crippen LogP contribution < -0.4 is 0 Å². The SMILES string of the molecule is COC(=O)c1cccc(COC(=O)c2ccc(S(=O)(=O)O)cc2)c1. The molecule has 0 spiro atoms. The van der Waals surface area contributed by atoms with Crippen molar-refractivity contribution < 1.29 is 32.0 Å². The number of rotatable bonds is 5. The van der Waals surface area contributed by atoms with E-state index < -0.39 is 22.1 Å². The minimum absolute atomic E-state index is 0.0658. The van der Waals surface area contributed by atoms with Gasteiger partial charge in [-0.3, -0.25) is 4.55 Å². The van der Waals surface area contributed by atoms with Crippen molar-refractivity contribution >= 4 is 22.1 Å². The second-order valence-electron chi connectivity index (χ2n) is 4.77. The van der Waals surface area contributed by atoms with Crippen LogP contribution in [0.5, 0.6) is 0 Å². The van der Waals surface area contributed by atoms with Gasteiger partial charge in [0.2, 0.25) is 0 Å². The first-order valence-corrected chi connectivity index (χ1v) is 8.17. The number of hydrogen-bond acceptors (Lipinski definition) is 6. The molecule has 7 nitrogen and oxygen atoms in total. The van der Waals surface area contributed by atoms with Gasteiger partial charge in [0.05, 0.1) is 23.1 Å². The number of methoxy groups -OCH3 is 1. The molecule has 2 rings (SSSR count). The van der Waals surface area contributed by atoms with Gasteiger partial charge in [-0.1, -0.05) is 12.1 Å². The third kappa shape index (κ3) is 4.40. The molecule has 0 aliphatic carbocycles. The Labute approximate surface area is 138 Å². The summed E-state index contributed by atoms with van der Waals surface area (Å²) in [6, 6.07) is 11.1. The molecular weight excluding hydrogens is 336 g/mol. The largest absolute Gasteiger partial charge is 0.465 e. The topological polar surface area (TPSA) is 107 Å². The number of esters is 2. The van der Waals surface area contributed by atoms with Crippen molar-refractivity contribution in [3.63, 3.8) is 0 Å². The van der Waals surface area contributed by atoms with Crippen molar-refractivity contribution in [2.24, 2.45) is 0 Å². The van der Waals surface area contributed by atoms with Crippen molar-refractivity contribution in [3.05, 3.63) is 65.2 Å². The van der Waals surface area contributed by atoms with Crippen LogP contribution in [0.2, 0.25) is 0 Å². The van der Waals surface area contributed by atoms with Gasteiger partial charge in [0.15, 0.2) is 0 Å². The Morgan fingerprint density at radius 2 is 1.67 bits per heavy atom. The van der Waals surface area contributed by atoms with Gasteiger partial charge in [-0.15, -0.1) is 0 Å². The highest BCUT2D eigenvalue weighted by Crippen LogP contribution is 2.13. The van der Waals surface area contributed by atoms with Gasteiger partial charge < -0.3 is 9.47 Å². The molecule has 0 fully saturated rings. The first-order valence-electron chi connectivity index (χ1n) is 6.73. The van der Waals surface area contributed by atoms with E-state index in [0.717, 1.165) is 12.1 Å². The highest BCUT2D eigenvalue weighted by molar-refractivity contribution is 7.85. The lowest BCUT2D eigenvalue weighted by Crippen LogP contribution is -2.07. The zero-order chi connectivity index (χ0) is 17.7. The van der Waals surface area contributed by atoms with E-state index in [1.165, 1.54) is 19.2 Å². The van der Waals surface area contributed by atoms with E-state index in [2.05, 4.69) is 4.74 Å². The van der Waals surface area contributed by atoms with E-state index in [0.29, 0.717) is 11.1 Å². The molecule has 0 aliphatic rings. The molecule has 126 valence electrons. The molecule has 0 amide bonds. The maximum atomic E-state index is 11.9. The van der Waals surface area contributed by atoms with Gasteiger partial charge in [-0.2, -0.15) is 8.42 Å². The van der Waals surface area contributed by atoms with E-state index in [4.69, 9.17) is 9.29 Å². The Morgan fingerprint density at radius 3 is 2.25 bits per heavy atom. The molecule has 0 radical (unpaired) electrons. The van der Waals surface area contributed by atoms with Gasteiger partial charge in [0.1, 0.15) is 6.61 Å². The number of hydrogen-bond donors (Lipinski definition) is 1. The molecule has 24 heavy (non-hydrogen) atoms. The molecule has 0 bridgehead atoms. The predicted molar refractivity (Wildman–Crippen MR) is 83.2 cm³/mol. The molecule has 2 aromatic carbocycles. The summed E-state index contributed by atoms with van der Waals surface area (Å²) in [7, 11) is -3.04. The molecule has 0 heterocycles. The van der Waals surface area contributed by atoms with Crippen LogP contribution in [-0.2, 0) is 26.2 Å². The quantitative estimate of drug-likeness (QED) is 0.650. The Morgan fingerprint density at radius 1 is 1.00 bits per heavy atom. The van der Waals surface area contributed by atoms with Crippen LogP contribution in [0.1, 0.15) is 26.3 Å². The normalized spacial score (nSPS) is 10.9. The van der Waals surface area contributed by atoms with E-state index in [-0.39, 0.29) is 17.1 Å². The van der Waals surface area contributed by atoms with Gasteiger partial charge in [0, 0.05) is 0 Å². The number of ether oxygens (including phenoxy) is 2. The molecule has 0 atom stereocenters. The second kappa shape index (κ2) is 7.24. The fourth-order valence-corrected chi connectivity index (χ4v) is 2.38. The van der Waals surface area contributed by atoms with Crippen molar-refractivity contribution in [2.45, 2.75) is 11.5 Å². The van der Waals surface area contributed by atoms with Crippen molar-refractivity contribution in [3.8, 4) is 0 Å². The predicted octanol–water partition coefficient (Wildman–Crippen LogP) is 2.08. The number of benzene rings is 2. The average molecular weight is 350 g/mol. The van der Waals surface area contributed by atoms with Crippen LogP contribution in [0.3, 0.4) is 0 Å². The van der Waals surface area contributed by atoms with Crippen molar-refractivity contribution in [1.29, 1.82) is 0 Å². The highest BCUT2D eigenvalue weighted by Gasteiger charge is 2.13. The smallest absolute Gasteiger partial charge is 0.338 e. The van der Waals surface area contributed by atoms with Crippen LogP contribution in [0.4, 0.5) is 0 Å². The lowest BCUT2D eigenvalue weighted by molar-refractivity contribution is 0.0472. The number of carbonyl (C=O) groups excluding carboxylic acids is 2. The zero-order valence-electron chi connectivity index (χ0n) is 12.6. The first kappa shape index (κ1) is 17.6. The van der Waals surface area contributed by atoms with Crippen LogP contribution in [0.25, 0.3) is 0 Å². The monoisotopic (exact) mass is 350 g/mol. The first-order chi connectivity index (χ1) is 11.3. The van der Waals surface area contributed by atoms with E-state index in [9.17, 15) is 18.0 Å². The van der Waals surface area contributed by atoms with Crippen LogP contribution in [0, 0.1) is 0 Å². The Hall–Kier alpha value is -2.71. The van der Waals surface area contributed by atoms with E-state index >= 15 is 0 Å². The lowest BCUT2D eigenvalue weighted by atomic mass is 10.1. The van der Waals surface area contributed by atoms with Crippen LogP contribution >= 0.6 is 0 Å². The van der Waals surface area contributed by atoms with E-state index in [1.807, 2.05) is 0 Å². The van der Waals surface area contributed by atoms with Gasteiger partial charge in [0.25, 0.3) is 10.1 Å². The molecule has 0 saturated carbocycles. The van der Waals surface area contributed by atoms with Gasteiger partial charge >= 0.3 is 11.9 Å². The standard InChI is InChI=1S/C16H14O7S/c1-22-15(17)13-4-2-3-11(9-13)10-23-16(18)12-5-7-14(8-6-12)24(19,20)21/h2-9H,10H2,1H3,(H,19,20,21). The number of carbonyl (C=O) groups is 2. The Bertz CT molecular complexity index is 854. The zero-order valence-corrected chi connectivity index (χ0v) is 13.4. The minimum atomic E-state index is -4.31. The fourth-order valence-electron chi connectivity index (χ4n) is 1.90. The summed E-state index contributed by atoms with van der Waals surface area (Å²) in [5, 5.41) is 0. The Kier molecular flexibility index (Phi) is 5.32.